The van der Waals surface area contributed by atoms with Crippen LogP contribution in [-0.2, 0) is 9.59 Å². The Morgan fingerprint density at radius 3 is 2.40 bits per heavy atom. The number of hydrogen-bond donors (Lipinski definition) is 2. The van der Waals surface area contributed by atoms with Crippen molar-refractivity contribution in [1.82, 2.24) is 5.32 Å². The van der Waals surface area contributed by atoms with Gasteiger partial charge in [0.05, 0.1) is 5.92 Å². The van der Waals surface area contributed by atoms with Gasteiger partial charge in [0, 0.05) is 12.0 Å². The number of carboxylic acid groups (broad SMARTS) is 1. The molecule has 1 aromatic rings. The first-order valence-corrected chi connectivity index (χ1v) is 6.83. The molecular weight excluding hydrogens is 261 g/mol. The van der Waals surface area contributed by atoms with E-state index in [4.69, 9.17) is 5.11 Å². The van der Waals surface area contributed by atoms with Crippen molar-refractivity contribution in [1.29, 1.82) is 0 Å². The predicted molar refractivity (Wildman–Crippen MR) is 69.5 cm³/mol. The Morgan fingerprint density at radius 2 is 1.80 bits per heavy atom. The molecule has 5 heteroatoms. The zero-order chi connectivity index (χ0) is 14.3. The average Bonchev–Trinajstić information content (AvgIpc) is 3.13. The maximum atomic E-state index is 12.8. The van der Waals surface area contributed by atoms with Crippen LogP contribution in [0.15, 0.2) is 24.3 Å². The molecule has 0 spiro atoms. The molecule has 0 radical (unpaired) electrons. The highest BCUT2D eigenvalue weighted by atomic mass is 19.1. The van der Waals surface area contributed by atoms with E-state index in [0.717, 1.165) is 12.0 Å². The third kappa shape index (κ3) is 2.53. The van der Waals surface area contributed by atoms with Gasteiger partial charge >= 0.3 is 5.97 Å². The molecule has 0 aliphatic heterocycles. The van der Waals surface area contributed by atoms with Crippen LogP contribution in [0.2, 0.25) is 0 Å². The van der Waals surface area contributed by atoms with E-state index in [9.17, 15) is 14.0 Å². The van der Waals surface area contributed by atoms with Gasteiger partial charge in [0.25, 0.3) is 0 Å². The fourth-order valence-electron chi connectivity index (χ4n) is 2.81. The Kier molecular flexibility index (Phi) is 3.20. The highest BCUT2D eigenvalue weighted by Gasteiger charge is 2.45. The number of nitrogens with one attached hydrogen (secondary N) is 1. The zero-order valence-corrected chi connectivity index (χ0v) is 10.9. The molecule has 1 aromatic carbocycles. The van der Waals surface area contributed by atoms with Gasteiger partial charge in [0.15, 0.2) is 0 Å². The second-order valence-corrected chi connectivity index (χ2v) is 5.71. The molecule has 2 fully saturated rings. The van der Waals surface area contributed by atoms with Gasteiger partial charge in [-0.05, 0) is 42.9 Å². The topological polar surface area (TPSA) is 66.4 Å². The normalized spacial score (nSPS) is 31.2. The lowest BCUT2D eigenvalue weighted by atomic mass is 9.80. The fraction of sp³-hybridized carbons (Fsp3) is 0.467. The molecule has 106 valence electrons. The molecule has 0 bridgehead atoms. The van der Waals surface area contributed by atoms with E-state index in [1.807, 2.05) is 0 Å². The van der Waals surface area contributed by atoms with Crippen molar-refractivity contribution in [3.05, 3.63) is 35.6 Å². The van der Waals surface area contributed by atoms with Gasteiger partial charge < -0.3 is 10.4 Å². The van der Waals surface area contributed by atoms with Crippen molar-refractivity contribution in [3.63, 3.8) is 0 Å². The number of benzene rings is 1. The van der Waals surface area contributed by atoms with Crippen LogP contribution in [0.4, 0.5) is 4.39 Å². The first-order valence-electron chi connectivity index (χ1n) is 6.83. The molecule has 2 saturated carbocycles. The molecule has 2 atom stereocenters. The molecule has 20 heavy (non-hydrogen) atoms. The third-order valence-corrected chi connectivity index (χ3v) is 4.26. The number of amides is 1. The molecule has 0 heterocycles. The van der Waals surface area contributed by atoms with Crippen LogP contribution in [0.1, 0.15) is 30.7 Å². The minimum absolute atomic E-state index is 0.00179. The highest BCUT2D eigenvalue weighted by Crippen LogP contribution is 2.47. The molecule has 2 unspecified atom stereocenters. The highest BCUT2D eigenvalue weighted by molar-refractivity contribution is 5.83. The van der Waals surface area contributed by atoms with Gasteiger partial charge in [-0.3, -0.25) is 9.59 Å². The summed E-state index contributed by atoms with van der Waals surface area (Å²) in [5, 5.41) is 11.7. The quantitative estimate of drug-likeness (QED) is 0.883. The van der Waals surface area contributed by atoms with Crippen molar-refractivity contribution in [2.45, 2.75) is 31.2 Å². The second kappa shape index (κ2) is 4.89. The summed E-state index contributed by atoms with van der Waals surface area (Å²) in [7, 11) is 0. The molecular formula is C15H16FNO3. The summed E-state index contributed by atoms with van der Waals surface area (Å²) < 4.78 is 12.8. The first kappa shape index (κ1) is 13.1. The van der Waals surface area contributed by atoms with E-state index in [2.05, 4.69) is 5.32 Å². The zero-order valence-electron chi connectivity index (χ0n) is 10.9. The molecule has 2 N–H and O–H groups in total. The van der Waals surface area contributed by atoms with E-state index in [-0.39, 0.29) is 35.5 Å². The van der Waals surface area contributed by atoms with Crippen LogP contribution in [0.5, 0.6) is 0 Å². The maximum absolute atomic E-state index is 12.8. The number of rotatable bonds is 4. The number of carbonyl (C=O) groups excluding carboxylic acids is 1. The van der Waals surface area contributed by atoms with Crippen LogP contribution >= 0.6 is 0 Å². The number of carbonyl (C=O) groups is 2. The monoisotopic (exact) mass is 277 g/mol. The summed E-state index contributed by atoms with van der Waals surface area (Å²) in [5.41, 5.74) is 0.989. The van der Waals surface area contributed by atoms with Crippen molar-refractivity contribution < 1.29 is 19.1 Å². The molecule has 4 nitrogen and oxygen atoms in total. The van der Waals surface area contributed by atoms with Crippen molar-refractivity contribution in [2.75, 3.05) is 0 Å². The smallest absolute Gasteiger partial charge is 0.306 e. The Hall–Kier alpha value is -1.91. The average molecular weight is 277 g/mol. The van der Waals surface area contributed by atoms with Gasteiger partial charge in [-0.15, -0.1) is 0 Å². The Bertz CT molecular complexity index is 537. The Balaban J connectivity index is 1.49. The largest absolute Gasteiger partial charge is 0.481 e. The summed E-state index contributed by atoms with van der Waals surface area (Å²) in [6.07, 6.45) is 1.83. The van der Waals surface area contributed by atoms with Crippen LogP contribution in [-0.4, -0.2) is 23.0 Å². The van der Waals surface area contributed by atoms with Crippen LogP contribution in [0, 0.1) is 17.7 Å². The van der Waals surface area contributed by atoms with E-state index in [0.29, 0.717) is 12.8 Å². The minimum Gasteiger partial charge on any atom is -0.481 e. The predicted octanol–water partition coefficient (Wildman–Crippen LogP) is 1.91. The third-order valence-electron chi connectivity index (χ3n) is 4.26. The second-order valence-electron chi connectivity index (χ2n) is 5.71. The minimum atomic E-state index is -0.786. The molecule has 3 rings (SSSR count). The standard InChI is InChI=1S/C15H16FNO3/c16-10-3-1-8(2-4-10)12-7-13(12)14(18)17-11-5-9(6-11)15(19)20/h1-4,9,11-13H,5-7H2,(H,17,18)(H,19,20). The number of halogens is 1. The first-order chi connectivity index (χ1) is 9.54. The molecule has 1 amide bonds. The van der Waals surface area contributed by atoms with E-state index < -0.39 is 5.97 Å². The maximum Gasteiger partial charge on any atom is 0.306 e. The van der Waals surface area contributed by atoms with Crippen molar-refractivity contribution in [3.8, 4) is 0 Å². The lowest BCUT2D eigenvalue weighted by Gasteiger charge is -2.32. The van der Waals surface area contributed by atoms with Gasteiger partial charge in [0.1, 0.15) is 5.82 Å². The summed E-state index contributed by atoms with van der Waals surface area (Å²) in [6.45, 7) is 0. The van der Waals surface area contributed by atoms with E-state index >= 15 is 0 Å². The van der Waals surface area contributed by atoms with Gasteiger partial charge in [-0.1, -0.05) is 12.1 Å². The van der Waals surface area contributed by atoms with Gasteiger partial charge in [-0.2, -0.15) is 0 Å². The Labute approximate surface area is 116 Å². The fourth-order valence-corrected chi connectivity index (χ4v) is 2.81. The van der Waals surface area contributed by atoms with E-state index in [1.54, 1.807) is 12.1 Å². The molecule has 2 aliphatic carbocycles. The van der Waals surface area contributed by atoms with Crippen molar-refractivity contribution >= 4 is 11.9 Å². The summed E-state index contributed by atoms with van der Waals surface area (Å²) in [5.74, 6) is -1.26. The van der Waals surface area contributed by atoms with Crippen LogP contribution < -0.4 is 5.32 Å². The molecule has 2 aliphatic rings. The Morgan fingerprint density at radius 1 is 1.15 bits per heavy atom. The van der Waals surface area contributed by atoms with Crippen LogP contribution in [0.3, 0.4) is 0 Å². The van der Waals surface area contributed by atoms with E-state index in [1.165, 1.54) is 12.1 Å². The van der Waals surface area contributed by atoms with Crippen LogP contribution in [0.25, 0.3) is 0 Å². The van der Waals surface area contributed by atoms with Gasteiger partial charge in [-0.25, -0.2) is 4.39 Å². The number of carboxylic acids is 1. The van der Waals surface area contributed by atoms with Crippen molar-refractivity contribution in [2.24, 2.45) is 11.8 Å². The number of hydrogen-bond acceptors (Lipinski definition) is 2. The number of aliphatic carboxylic acids is 1. The van der Waals surface area contributed by atoms with Gasteiger partial charge in [0.2, 0.25) is 5.91 Å². The lowest BCUT2D eigenvalue weighted by Crippen LogP contribution is -2.47. The lowest BCUT2D eigenvalue weighted by molar-refractivity contribution is -0.146. The molecule has 0 aromatic heterocycles. The summed E-state index contributed by atoms with van der Waals surface area (Å²) >= 11 is 0. The summed E-state index contributed by atoms with van der Waals surface area (Å²) in [6, 6.07) is 6.25. The summed E-state index contributed by atoms with van der Waals surface area (Å²) in [4.78, 5) is 22.7. The molecule has 0 saturated heterocycles. The SMILES string of the molecule is O=C(O)C1CC(NC(=O)C2CC2c2ccc(F)cc2)C1.